The van der Waals surface area contributed by atoms with Crippen molar-refractivity contribution < 1.29 is 14.3 Å². The van der Waals surface area contributed by atoms with Crippen molar-refractivity contribution in [3.8, 4) is 0 Å². The summed E-state index contributed by atoms with van der Waals surface area (Å²) in [4.78, 5) is 14.2. The highest BCUT2D eigenvalue weighted by atomic mass is 19.1. The second-order valence-corrected chi connectivity index (χ2v) is 4.70. The van der Waals surface area contributed by atoms with Crippen molar-refractivity contribution >= 4 is 6.09 Å². The van der Waals surface area contributed by atoms with E-state index in [4.69, 9.17) is 5.11 Å². The van der Waals surface area contributed by atoms with E-state index >= 15 is 0 Å². The van der Waals surface area contributed by atoms with Crippen molar-refractivity contribution in [3.63, 3.8) is 0 Å². The second kappa shape index (κ2) is 5.35. The molecule has 0 aliphatic carbocycles. The normalized spacial score (nSPS) is 15.8. The molecule has 2 rings (SSSR count). The van der Waals surface area contributed by atoms with E-state index < -0.39 is 6.09 Å². The minimum absolute atomic E-state index is 0.219. The molecular weight excluding hydrogens is 235 g/mol. The predicted octanol–water partition coefficient (Wildman–Crippen LogP) is 1.66. The van der Waals surface area contributed by atoms with Crippen LogP contribution in [0.15, 0.2) is 24.3 Å². The zero-order valence-electron chi connectivity index (χ0n) is 10.3. The van der Waals surface area contributed by atoms with Crippen molar-refractivity contribution in [1.29, 1.82) is 0 Å². The molecule has 4 nitrogen and oxygen atoms in total. The highest BCUT2D eigenvalue weighted by Crippen LogP contribution is 2.14. The molecule has 1 aliphatic heterocycles. The highest BCUT2D eigenvalue weighted by Gasteiger charge is 2.32. The van der Waals surface area contributed by atoms with Crippen LogP contribution in [0, 0.1) is 5.82 Å². The van der Waals surface area contributed by atoms with E-state index in [1.54, 1.807) is 12.1 Å². The predicted molar refractivity (Wildman–Crippen MR) is 66.1 cm³/mol. The number of carboxylic acid groups (broad SMARTS) is 1. The summed E-state index contributed by atoms with van der Waals surface area (Å²) in [6.07, 6.45) is -0.00133. The Balaban J connectivity index is 1.74. The summed E-state index contributed by atoms with van der Waals surface area (Å²) in [6, 6.07) is 6.80. The molecule has 98 valence electrons. The van der Waals surface area contributed by atoms with Crippen LogP contribution in [0.4, 0.5) is 9.18 Å². The van der Waals surface area contributed by atoms with Gasteiger partial charge in [-0.05, 0) is 31.2 Å². The molecule has 18 heavy (non-hydrogen) atoms. The molecule has 0 unspecified atom stereocenters. The van der Waals surface area contributed by atoms with E-state index in [1.807, 2.05) is 7.05 Å². The van der Waals surface area contributed by atoms with Crippen LogP contribution in [0.1, 0.15) is 5.56 Å². The van der Waals surface area contributed by atoms with E-state index in [1.165, 1.54) is 17.0 Å². The molecule has 0 bridgehead atoms. The van der Waals surface area contributed by atoms with E-state index in [-0.39, 0.29) is 5.82 Å². The first-order valence-corrected chi connectivity index (χ1v) is 5.99. The maximum absolute atomic E-state index is 12.7. The lowest BCUT2D eigenvalue weighted by atomic mass is 10.1. The number of likely N-dealkylation sites (tertiary alicyclic amines) is 1. The van der Waals surface area contributed by atoms with Gasteiger partial charge in [-0.3, -0.25) is 4.90 Å². The number of hydrogen-bond donors (Lipinski definition) is 1. The second-order valence-electron chi connectivity index (χ2n) is 4.70. The molecule has 1 heterocycles. The number of benzene rings is 1. The van der Waals surface area contributed by atoms with Gasteiger partial charge in [0.15, 0.2) is 0 Å². The summed E-state index contributed by atoms with van der Waals surface area (Å²) in [5, 5.41) is 8.74. The van der Waals surface area contributed by atoms with E-state index in [0.29, 0.717) is 19.1 Å². The summed E-state index contributed by atoms with van der Waals surface area (Å²) >= 11 is 0. The van der Waals surface area contributed by atoms with E-state index in [2.05, 4.69) is 4.90 Å². The van der Waals surface area contributed by atoms with Crippen molar-refractivity contribution in [2.24, 2.45) is 0 Å². The number of likely N-dealkylation sites (N-methyl/N-ethyl adjacent to an activating group) is 1. The average molecular weight is 252 g/mol. The number of nitrogens with zero attached hydrogens (tertiary/aromatic N) is 2. The van der Waals surface area contributed by atoms with Gasteiger partial charge in [-0.1, -0.05) is 12.1 Å². The van der Waals surface area contributed by atoms with Gasteiger partial charge >= 0.3 is 6.09 Å². The first-order valence-electron chi connectivity index (χ1n) is 5.99. The van der Waals surface area contributed by atoms with Crippen molar-refractivity contribution in [2.45, 2.75) is 12.5 Å². The van der Waals surface area contributed by atoms with Crippen LogP contribution < -0.4 is 0 Å². The van der Waals surface area contributed by atoms with Gasteiger partial charge in [0.05, 0.1) is 0 Å². The molecule has 0 radical (unpaired) electrons. The lowest BCUT2D eigenvalue weighted by Gasteiger charge is -2.42. The number of hydrogen-bond acceptors (Lipinski definition) is 2. The fourth-order valence-corrected chi connectivity index (χ4v) is 2.03. The molecule has 1 fully saturated rings. The highest BCUT2D eigenvalue weighted by molar-refractivity contribution is 5.66. The maximum atomic E-state index is 12.7. The molecule has 1 aromatic carbocycles. The number of halogens is 1. The lowest BCUT2D eigenvalue weighted by molar-refractivity contribution is 0.0495. The summed E-state index contributed by atoms with van der Waals surface area (Å²) in [5.41, 5.74) is 1.10. The Kier molecular flexibility index (Phi) is 3.81. The van der Waals surface area contributed by atoms with Crippen LogP contribution in [0.3, 0.4) is 0 Å². The Labute approximate surface area is 106 Å². The monoisotopic (exact) mass is 252 g/mol. The fourth-order valence-electron chi connectivity index (χ4n) is 2.03. The molecule has 0 aromatic heterocycles. The molecule has 1 N–H and O–H groups in total. The van der Waals surface area contributed by atoms with Gasteiger partial charge in [0.25, 0.3) is 0 Å². The molecule has 1 saturated heterocycles. The van der Waals surface area contributed by atoms with Crippen LogP contribution in [0.25, 0.3) is 0 Å². The van der Waals surface area contributed by atoms with Gasteiger partial charge in [-0.15, -0.1) is 0 Å². The first kappa shape index (κ1) is 12.8. The van der Waals surface area contributed by atoms with Gasteiger partial charge in [-0.25, -0.2) is 9.18 Å². The smallest absolute Gasteiger partial charge is 0.407 e. The molecule has 0 saturated carbocycles. The van der Waals surface area contributed by atoms with Gasteiger partial charge in [0.2, 0.25) is 0 Å². The topological polar surface area (TPSA) is 43.8 Å². The summed E-state index contributed by atoms with van der Waals surface area (Å²) < 4.78 is 12.7. The zero-order chi connectivity index (χ0) is 13.1. The Morgan fingerprint density at radius 2 is 2.06 bits per heavy atom. The Hall–Kier alpha value is -1.62. The fraction of sp³-hybridized carbons (Fsp3) is 0.462. The van der Waals surface area contributed by atoms with Crippen molar-refractivity contribution in [1.82, 2.24) is 9.80 Å². The Morgan fingerprint density at radius 1 is 1.44 bits per heavy atom. The van der Waals surface area contributed by atoms with Crippen LogP contribution in [0.2, 0.25) is 0 Å². The number of carbonyl (C=O) groups is 1. The summed E-state index contributed by atoms with van der Waals surface area (Å²) in [7, 11) is 1.99. The van der Waals surface area contributed by atoms with Crippen LogP contribution in [-0.2, 0) is 6.42 Å². The third-order valence-electron chi connectivity index (χ3n) is 3.42. The summed E-state index contributed by atoms with van der Waals surface area (Å²) in [6.45, 7) is 2.01. The molecular formula is C13H17FN2O2. The van der Waals surface area contributed by atoms with Gasteiger partial charge in [-0.2, -0.15) is 0 Å². The largest absolute Gasteiger partial charge is 0.465 e. The van der Waals surface area contributed by atoms with Gasteiger partial charge < -0.3 is 10.0 Å². The molecule has 1 aromatic rings. The van der Waals surface area contributed by atoms with Crippen LogP contribution in [0.5, 0.6) is 0 Å². The van der Waals surface area contributed by atoms with Crippen molar-refractivity contribution in [2.75, 3.05) is 26.7 Å². The first-order chi connectivity index (χ1) is 8.56. The van der Waals surface area contributed by atoms with E-state index in [9.17, 15) is 9.18 Å². The maximum Gasteiger partial charge on any atom is 0.407 e. The number of rotatable bonds is 4. The third-order valence-corrected chi connectivity index (χ3v) is 3.42. The minimum Gasteiger partial charge on any atom is -0.465 e. The van der Waals surface area contributed by atoms with Gasteiger partial charge in [0, 0.05) is 25.7 Å². The zero-order valence-corrected chi connectivity index (χ0v) is 10.3. The minimum atomic E-state index is -0.849. The molecule has 5 heteroatoms. The van der Waals surface area contributed by atoms with Crippen LogP contribution in [-0.4, -0.2) is 53.7 Å². The number of amides is 1. The molecule has 1 aliphatic rings. The molecule has 0 atom stereocenters. The third kappa shape index (κ3) is 2.98. The van der Waals surface area contributed by atoms with Gasteiger partial charge in [0.1, 0.15) is 5.82 Å². The quantitative estimate of drug-likeness (QED) is 0.886. The average Bonchev–Trinajstić information content (AvgIpc) is 2.25. The standard InChI is InChI=1S/C13H17FN2O2/c1-15(12-8-16(9-12)13(17)18)7-6-10-2-4-11(14)5-3-10/h2-5,12H,6-9H2,1H3,(H,17,18). The van der Waals surface area contributed by atoms with Crippen molar-refractivity contribution in [3.05, 3.63) is 35.6 Å². The Morgan fingerprint density at radius 3 is 2.61 bits per heavy atom. The van der Waals surface area contributed by atoms with E-state index in [0.717, 1.165) is 18.5 Å². The molecule has 0 spiro atoms. The SMILES string of the molecule is CN(CCc1ccc(F)cc1)C1CN(C(=O)O)C1. The summed E-state index contributed by atoms with van der Waals surface area (Å²) in [5.74, 6) is -0.219. The lowest BCUT2D eigenvalue weighted by Crippen LogP contribution is -2.60. The Bertz CT molecular complexity index is 416. The molecule has 1 amide bonds. The van der Waals surface area contributed by atoms with Crippen LogP contribution >= 0.6 is 0 Å².